The smallest absolute Gasteiger partial charge is 0.306 e. The molecule has 0 aromatic heterocycles. The molecule has 0 aliphatic heterocycles. The fourth-order valence-electron chi connectivity index (χ4n) is 3.06. The highest BCUT2D eigenvalue weighted by atomic mass is 16.5. The molecule has 2 rings (SSSR count). The van der Waals surface area contributed by atoms with Gasteiger partial charge in [0.25, 0.3) is 0 Å². The number of nitrogens with one attached hydrogen (secondary N) is 1. The molecule has 5 heteroatoms. The first-order valence-corrected chi connectivity index (χ1v) is 8.26. The quantitative estimate of drug-likeness (QED) is 0.810. The van der Waals surface area contributed by atoms with Crippen molar-refractivity contribution < 1.29 is 19.4 Å². The summed E-state index contributed by atoms with van der Waals surface area (Å²) in [7, 11) is 0. The van der Waals surface area contributed by atoms with Crippen LogP contribution < -0.4 is 5.32 Å². The van der Waals surface area contributed by atoms with Crippen LogP contribution in [0.4, 0.5) is 0 Å². The van der Waals surface area contributed by atoms with Crippen LogP contribution in [0.3, 0.4) is 0 Å². The van der Waals surface area contributed by atoms with Crippen LogP contribution in [-0.4, -0.2) is 23.6 Å². The summed E-state index contributed by atoms with van der Waals surface area (Å²) in [6.07, 6.45) is 2.70. The van der Waals surface area contributed by atoms with Gasteiger partial charge >= 0.3 is 5.97 Å². The largest absolute Gasteiger partial charge is 0.481 e. The van der Waals surface area contributed by atoms with Gasteiger partial charge in [-0.05, 0) is 37.3 Å². The number of amides is 1. The third-order valence-corrected chi connectivity index (χ3v) is 4.43. The first-order chi connectivity index (χ1) is 11.1. The lowest BCUT2D eigenvalue weighted by Gasteiger charge is -2.25. The van der Waals surface area contributed by atoms with E-state index in [9.17, 15) is 9.59 Å². The summed E-state index contributed by atoms with van der Waals surface area (Å²) in [4.78, 5) is 23.4. The van der Waals surface area contributed by atoms with Crippen LogP contribution in [0, 0.1) is 11.8 Å². The van der Waals surface area contributed by atoms with Gasteiger partial charge in [-0.25, -0.2) is 0 Å². The molecule has 1 aliphatic carbocycles. The number of benzene rings is 1. The van der Waals surface area contributed by atoms with Crippen LogP contribution in [0.2, 0.25) is 0 Å². The maximum absolute atomic E-state index is 12.3. The van der Waals surface area contributed by atoms with Crippen molar-refractivity contribution in [1.29, 1.82) is 0 Å². The molecule has 1 fully saturated rings. The molecule has 23 heavy (non-hydrogen) atoms. The predicted octanol–water partition coefficient (Wildman–Crippen LogP) is 2.73. The number of ether oxygens (including phenoxy) is 1. The maximum atomic E-state index is 12.3. The molecule has 1 aromatic rings. The topological polar surface area (TPSA) is 75.6 Å². The van der Waals surface area contributed by atoms with Gasteiger partial charge in [-0.2, -0.15) is 0 Å². The monoisotopic (exact) mass is 319 g/mol. The van der Waals surface area contributed by atoms with E-state index in [1.165, 1.54) is 0 Å². The van der Waals surface area contributed by atoms with E-state index in [-0.39, 0.29) is 17.7 Å². The number of carboxylic acids is 1. The zero-order valence-corrected chi connectivity index (χ0v) is 13.6. The van der Waals surface area contributed by atoms with E-state index in [0.29, 0.717) is 32.6 Å². The van der Waals surface area contributed by atoms with Crippen molar-refractivity contribution in [2.24, 2.45) is 11.8 Å². The highest BCUT2D eigenvalue weighted by Gasteiger charge is 2.30. The molecule has 1 saturated carbocycles. The van der Waals surface area contributed by atoms with Crippen molar-refractivity contribution in [3.8, 4) is 0 Å². The van der Waals surface area contributed by atoms with Gasteiger partial charge in [-0.15, -0.1) is 0 Å². The third-order valence-electron chi connectivity index (χ3n) is 4.43. The van der Waals surface area contributed by atoms with Crippen molar-refractivity contribution in [3.63, 3.8) is 0 Å². The summed E-state index contributed by atoms with van der Waals surface area (Å²) in [5, 5.41) is 12.1. The first kappa shape index (κ1) is 17.5. The highest BCUT2D eigenvalue weighted by molar-refractivity contribution is 5.80. The molecular formula is C18H25NO4. The normalized spacial score (nSPS) is 20.9. The van der Waals surface area contributed by atoms with Crippen molar-refractivity contribution in [2.75, 3.05) is 6.61 Å². The molecule has 0 saturated heterocycles. The second kappa shape index (κ2) is 8.67. The van der Waals surface area contributed by atoms with Crippen molar-refractivity contribution >= 4 is 11.9 Å². The van der Waals surface area contributed by atoms with Crippen molar-refractivity contribution in [1.82, 2.24) is 5.32 Å². The molecule has 0 heterocycles. The average Bonchev–Trinajstić information content (AvgIpc) is 2.58. The summed E-state index contributed by atoms with van der Waals surface area (Å²) in [5.74, 6) is -1.40. The van der Waals surface area contributed by atoms with E-state index < -0.39 is 5.97 Å². The minimum atomic E-state index is -0.787. The maximum Gasteiger partial charge on any atom is 0.306 e. The van der Waals surface area contributed by atoms with Gasteiger partial charge in [-0.3, -0.25) is 9.59 Å². The Morgan fingerprint density at radius 2 is 1.91 bits per heavy atom. The predicted molar refractivity (Wildman–Crippen MR) is 86.7 cm³/mol. The van der Waals surface area contributed by atoms with Crippen LogP contribution in [0.15, 0.2) is 24.3 Å². The summed E-state index contributed by atoms with van der Waals surface area (Å²) >= 11 is 0. The van der Waals surface area contributed by atoms with E-state index in [4.69, 9.17) is 9.84 Å². The summed E-state index contributed by atoms with van der Waals surface area (Å²) in [6.45, 7) is 3.59. The van der Waals surface area contributed by atoms with Gasteiger partial charge in [0.2, 0.25) is 5.91 Å². The number of hydrogen-bond donors (Lipinski definition) is 2. The standard InChI is InChI=1S/C18H25NO4/c1-2-23-12-16-7-4-3-6-15(16)11-19-17(20)13-8-5-9-14(10-13)18(21)22/h3-4,6-7,13-14H,2,5,8-12H2,1H3,(H,19,20)(H,21,22). The van der Waals surface area contributed by atoms with E-state index in [2.05, 4.69) is 5.32 Å². The fraction of sp³-hybridized carbons (Fsp3) is 0.556. The van der Waals surface area contributed by atoms with E-state index >= 15 is 0 Å². The van der Waals surface area contributed by atoms with Gasteiger partial charge in [0.05, 0.1) is 12.5 Å². The number of aliphatic carboxylic acids is 1. The number of carboxylic acid groups (broad SMARTS) is 1. The van der Waals surface area contributed by atoms with Crippen LogP contribution in [-0.2, 0) is 27.5 Å². The number of carbonyl (C=O) groups excluding carboxylic acids is 1. The van der Waals surface area contributed by atoms with E-state index in [1.807, 2.05) is 31.2 Å². The molecule has 126 valence electrons. The van der Waals surface area contributed by atoms with E-state index in [1.54, 1.807) is 0 Å². The van der Waals surface area contributed by atoms with Gasteiger partial charge in [0, 0.05) is 19.1 Å². The van der Waals surface area contributed by atoms with Crippen molar-refractivity contribution in [3.05, 3.63) is 35.4 Å². The molecular weight excluding hydrogens is 294 g/mol. The van der Waals surface area contributed by atoms with Crippen LogP contribution >= 0.6 is 0 Å². The first-order valence-electron chi connectivity index (χ1n) is 8.26. The van der Waals surface area contributed by atoms with Gasteiger partial charge in [0.1, 0.15) is 0 Å². The van der Waals surface area contributed by atoms with Crippen molar-refractivity contribution in [2.45, 2.75) is 45.8 Å². The Labute approximate surface area is 137 Å². The molecule has 1 aliphatic rings. The SMILES string of the molecule is CCOCc1ccccc1CNC(=O)C1CCCC(C(=O)O)C1. The van der Waals surface area contributed by atoms with Gasteiger partial charge < -0.3 is 15.2 Å². The molecule has 2 unspecified atom stereocenters. The molecule has 2 atom stereocenters. The van der Waals surface area contributed by atoms with Gasteiger partial charge in [-0.1, -0.05) is 30.7 Å². The second-order valence-corrected chi connectivity index (χ2v) is 6.02. The number of rotatable bonds is 7. The lowest BCUT2D eigenvalue weighted by atomic mass is 9.81. The zero-order chi connectivity index (χ0) is 16.7. The molecule has 0 spiro atoms. The fourth-order valence-corrected chi connectivity index (χ4v) is 3.06. The minimum Gasteiger partial charge on any atom is -0.481 e. The van der Waals surface area contributed by atoms with Crippen LogP contribution in [0.1, 0.15) is 43.7 Å². The molecule has 5 nitrogen and oxygen atoms in total. The number of hydrogen-bond acceptors (Lipinski definition) is 3. The van der Waals surface area contributed by atoms with Crippen LogP contribution in [0.25, 0.3) is 0 Å². The Hall–Kier alpha value is -1.88. The third kappa shape index (κ3) is 5.06. The Morgan fingerprint density at radius 1 is 1.22 bits per heavy atom. The minimum absolute atomic E-state index is 0.0397. The number of carbonyl (C=O) groups is 2. The lowest BCUT2D eigenvalue weighted by Crippen LogP contribution is -2.35. The molecule has 2 N–H and O–H groups in total. The second-order valence-electron chi connectivity index (χ2n) is 6.02. The Balaban J connectivity index is 1.90. The Kier molecular flexibility index (Phi) is 6.59. The molecule has 0 bridgehead atoms. The lowest BCUT2D eigenvalue weighted by molar-refractivity contribution is -0.144. The van der Waals surface area contributed by atoms with Crippen LogP contribution in [0.5, 0.6) is 0 Å². The van der Waals surface area contributed by atoms with Gasteiger partial charge in [0.15, 0.2) is 0 Å². The molecule has 1 aromatic carbocycles. The van der Waals surface area contributed by atoms with E-state index in [0.717, 1.165) is 24.0 Å². The molecule has 1 amide bonds. The highest BCUT2D eigenvalue weighted by Crippen LogP contribution is 2.29. The zero-order valence-electron chi connectivity index (χ0n) is 13.6. The summed E-state index contributed by atoms with van der Waals surface area (Å²) < 4.78 is 5.45. The summed E-state index contributed by atoms with van der Waals surface area (Å²) in [5.41, 5.74) is 2.11. The average molecular weight is 319 g/mol. The molecule has 0 radical (unpaired) electrons. The Bertz CT molecular complexity index is 544. The Morgan fingerprint density at radius 3 is 2.61 bits per heavy atom. The summed E-state index contributed by atoms with van der Waals surface area (Å²) in [6, 6.07) is 7.88.